The van der Waals surface area contributed by atoms with Gasteiger partial charge in [0, 0.05) is 11.9 Å². The van der Waals surface area contributed by atoms with Crippen LogP contribution in [0.2, 0.25) is 0 Å². The van der Waals surface area contributed by atoms with E-state index >= 15 is 0 Å². The lowest BCUT2D eigenvalue weighted by atomic mass is 10.1. The first-order valence-corrected chi connectivity index (χ1v) is 6.42. The molecule has 2 aromatic rings. The quantitative estimate of drug-likeness (QED) is 0.842. The third-order valence-corrected chi connectivity index (χ3v) is 3.35. The fourth-order valence-electron chi connectivity index (χ4n) is 1.65. The molecule has 2 rings (SSSR count). The van der Waals surface area contributed by atoms with Crippen LogP contribution < -0.4 is 11.1 Å². The molecule has 0 fully saturated rings. The number of alkyl halides is 3. The summed E-state index contributed by atoms with van der Waals surface area (Å²) < 4.78 is 38.8. The van der Waals surface area contributed by atoms with Gasteiger partial charge < -0.3 is 11.1 Å². The lowest BCUT2D eigenvalue weighted by Crippen LogP contribution is -2.06. The Morgan fingerprint density at radius 1 is 1.25 bits per heavy atom. The van der Waals surface area contributed by atoms with Crippen LogP contribution >= 0.6 is 15.9 Å². The molecular formula is C13H11BrF3N3. The highest BCUT2D eigenvalue weighted by atomic mass is 79.9. The normalized spacial score (nSPS) is 11.4. The van der Waals surface area contributed by atoms with Gasteiger partial charge in [0.25, 0.3) is 0 Å². The first-order valence-electron chi connectivity index (χ1n) is 5.63. The monoisotopic (exact) mass is 345 g/mol. The summed E-state index contributed by atoms with van der Waals surface area (Å²) in [5.74, 6) is 0. The van der Waals surface area contributed by atoms with Crippen molar-refractivity contribution in [1.82, 2.24) is 4.98 Å². The number of hydrogen-bond donors (Lipinski definition) is 2. The molecule has 3 nitrogen and oxygen atoms in total. The maximum absolute atomic E-state index is 12.7. The third-order valence-electron chi connectivity index (χ3n) is 2.75. The van der Waals surface area contributed by atoms with Crippen LogP contribution in [-0.4, -0.2) is 4.98 Å². The lowest BCUT2D eigenvalue weighted by molar-refractivity contribution is -0.137. The summed E-state index contributed by atoms with van der Waals surface area (Å²) in [5.41, 5.74) is 6.91. The Morgan fingerprint density at radius 2 is 1.95 bits per heavy atom. The number of pyridine rings is 1. The number of hydrogen-bond acceptors (Lipinski definition) is 3. The molecular weight excluding hydrogens is 335 g/mol. The minimum atomic E-state index is -4.38. The summed E-state index contributed by atoms with van der Waals surface area (Å²) in [4.78, 5) is 3.87. The maximum atomic E-state index is 12.7. The molecule has 0 amide bonds. The van der Waals surface area contributed by atoms with E-state index in [4.69, 9.17) is 5.73 Å². The van der Waals surface area contributed by atoms with Gasteiger partial charge in [0.15, 0.2) is 0 Å². The smallest absolute Gasteiger partial charge is 0.396 e. The molecule has 0 saturated carbocycles. The lowest BCUT2D eigenvalue weighted by Gasteiger charge is -2.15. The Labute approximate surface area is 122 Å². The minimum absolute atomic E-state index is 0.344. The Kier molecular flexibility index (Phi) is 3.89. The number of aromatic nitrogens is 1. The van der Waals surface area contributed by atoms with E-state index in [9.17, 15) is 13.2 Å². The predicted octanol–water partition coefficient (Wildman–Crippen LogP) is 4.50. The van der Waals surface area contributed by atoms with Crippen molar-refractivity contribution in [2.45, 2.75) is 13.1 Å². The van der Waals surface area contributed by atoms with E-state index in [-0.39, 0.29) is 0 Å². The van der Waals surface area contributed by atoms with E-state index in [1.165, 1.54) is 18.5 Å². The van der Waals surface area contributed by atoms with Gasteiger partial charge in [-0.15, -0.1) is 0 Å². The van der Waals surface area contributed by atoms with Crippen LogP contribution in [0.15, 0.2) is 35.1 Å². The number of anilines is 3. The maximum Gasteiger partial charge on any atom is 0.416 e. The Balaban J connectivity index is 2.43. The van der Waals surface area contributed by atoms with E-state index in [2.05, 4.69) is 26.2 Å². The highest BCUT2D eigenvalue weighted by Crippen LogP contribution is 2.35. The van der Waals surface area contributed by atoms with E-state index in [0.29, 0.717) is 27.1 Å². The number of rotatable bonds is 2. The number of nitrogens with one attached hydrogen (secondary N) is 1. The Hall–Kier alpha value is -1.76. The van der Waals surface area contributed by atoms with Crippen LogP contribution in [-0.2, 0) is 6.18 Å². The molecule has 0 spiro atoms. The van der Waals surface area contributed by atoms with Crippen molar-refractivity contribution in [1.29, 1.82) is 0 Å². The van der Waals surface area contributed by atoms with Crippen LogP contribution in [0.25, 0.3) is 0 Å². The number of nitrogen functional groups attached to an aromatic ring is 1. The highest BCUT2D eigenvalue weighted by molar-refractivity contribution is 9.10. The van der Waals surface area contributed by atoms with Gasteiger partial charge in [0.05, 0.1) is 27.6 Å². The molecule has 0 saturated heterocycles. The molecule has 0 atom stereocenters. The van der Waals surface area contributed by atoms with E-state index in [1.807, 2.05) is 0 Å². The van der Waals surface area contributed by atoms with Crippen molar-refractivity contribution >= 4 is 33.0 Å². The first-order chi connectivity index (χ1) is 9.29. The number of aryl methyl sites for hydroxylation is 1. The zero-order chi connectivity index (χ0) is 14.9. The summed E-state index contributed by atoms with van der Waals surface area (Å²) in [7, 11) is 0. The molecule has 3 N–H and O–H groups in total. The molecule has 0 aliphatic carbocycles. The van der Waals surface area contributed by atoms with Crippen molar-refractivity contribution in [2.24, 2.45) is 0 Å². The molecule has 0 bridgehead atoms. The molecule has 0 radical (unpaired) electrons. The van der Waals surface area contributed by atoms with Crippen molar-refractivity contribution < 1.29 is 13.2 Å². The highest BCUT2D eigenvalue weighted by Gasteiger charge is 2.30. The van der Waals surface area contributed by atoms with Crippen molar-refractivity contribution in [3.63, 3.8) is 0 Å². The van der Waals surface area contributed by atoms with Gasteiger partial charge in [-0.25, -0.2) is 0 Å². The van der Waals surface area contributed by atoms with Gasteiger partial charge in [0.2, 0.25) is 0 Å². The molecule has 1 aromatic carbocycles. The van der Waals surface area contributed by atoms with Crippen LogP contribution in [0.5, 0.6) is 0 Å². The fourth-order valence-corrected chi connectivity index (χ4v) is 2.10. The zero-order valence-corrected chi connectivity index (χ0v) is 12.0. The van der Waals surface area contributed by atoms with Crippen LogP contribution in [0.4, 0.5) is 30.2 Å². The van der Waals surface area contributed by atoms with Gasteiger partial charge in [-0.05, 0) is 40.5 Å². The molecule has 1 heterocycles. The van der Waals surface area contributed by atoms with Gasteiger partial charge in [0.1, 0.15) is 0 Å². The summed E-state index contributed by atoms with van der Waals surface area (Å²) in [6.07, 6.45) is -1.44. The van der Waals surface area contributed by atoms with Gasteiger partial charge in [-0.2, -0.15) is 13.2 Å². The van der Waals surface area contributed by atoms with Gasteiger partial charge in [-0.1, -0.05) is 6.07 Å². The minimum Gasteiger partial charge on any atom is -0.396 e. The number of nitrogens with zero attached hydrogens (tertiary/aromatic N) is 1. The molecule has 0 aliphatic heterocycles. The second kappa shape index (κ2) is 5.32. The first kappa shape index (κ1) is 14.6. The zero-order valence-electron chi connectivity index (χ0n) is 10.4. The Morgan fingerprint density at radius 3 is 2.55 bits per heavy atom. The Bertz CT molecular complexity index is 621. The number of nitrogens with two attached hydrogens (primary N) is 1. The third kappa shape index (κ3) is 3.04. The fraction of sp³-hybridized carbons (Fsp3) is 0.154. The summed E-state index contributed by atoms with van der Waals surface area (Å²) in [6, 6.07) is 3.52. The molecule has 7 heteroatoms. The van der Waals surface area contributed by atoms with E-state index < -0.39 is 11.7 Å². The van der Waals surface area contributed by atoms with E-state index in [0.717, 1.165) is 12.1 Å². The summed E-state index contributed by atoms with van der Waals surface area (Å²) in [6.45, 7) is 1.72. The van der Waals surface area contributed by atoms with Crippen LogP contribution in [0.1, 0.15) is 11.1 Å². The second-order valence-corrected chi connectivity index (χ2v) is 5.09. The van der Waals surface area contributed by atoms with Gasteiger partial charge in [-0.3, -0.25) is 4.98 Å². The molecule has 0 aliphatic rings. The number of benzene rings is 1. The summed E-state index contributed by atoms with van der Waals surface area (Å²) in [5, 5.41) is 2.91. The van der Waals surface area contributed by atoms with E-state index in [1.54, 1.807) is 6.92 Å². The summed E-state index contributed by atoms with van der Waals surface area (Å²) >= 11 is 3.26. The van der Waals surface area contributed by atoms with Crippen LogP contribution in [0, 0.1) is 6.92 Å². The predicted molar refractivity (Wildman–Crippen MR) is 75.8 cm³/mol. The standard InChI is InChI=1S/C13H11BrF3N3/c1-7-2-3-8(13(15,16)17)4-11(7)20-12-9(14)5-19-6-10(12)18/h2-6H,18H2,1H3,(H,19,20). The molecule has 106 valence electrons. The molecule has 1 aromatic heterocycles. The molecule has 0 unspecified atom stereocenters. The molecule has 20 heavy (non-hydrogen) atoms. The van der Waals surface area contributed by atoms with Crippen molar-refractivity contribution in [2.75, 3.05) is 11.1 Å². The van der Waals surface area contributed by atoms with Crippen LogP contribution in [0.3, 0.4) is 0 Å². The second-order valence-electron chi connectivity index (χ2n) is 4.24. The SMILES string of the molecule is Cc1ccc(C(F)(F)F)cc1Nc1c(N)cncc1Br. The largest absolute Gasteiger partial charge is 0.416 e. The topological polar surface area (TPSA) is 50.9 Å². The van der Waals surface area contributed by atoms with Gasteiger partial charge >= 0.3 is 6.18 Å². The van der Waals surface area contributed by atoms with Crippen molar-refractivity contribution in [3.8, 4) is 0 Å². The average molecular weight is 346 g/mol. The van der Waals surface area contributed by atoms with Crippen molar-refractivity contribution in [3.05, 3.63) is 46.2 Å². The number of halogens is 4. The average Bonchev–Trinajstić information content (AvgIpc) is 2.34.